The maximum absolute atomic E-state index is 12.9. The van der Waals surface area contributed by atoms with Gasteiger partial charge in [-0.2, -0.15) is 0 Å². The van der Waals surface area contributed by atoms with E-state index in [1.165, 1.54) is 19.3 Å². The maximum Gasteiger partial charge on any atom is 0.288 e. The first-order valence-electron chi connectivity index (χ1n) is 9.76. The molecule has 0 spiro atoms. The minimum atomic E-state index is -0.333. The second-order valence-electron chi connectivity index (χ2n) is 7.57. The van der Waals surface area contributed by atoms with E-state index in [4.69, 9.17) is 14.6 Å². The lowest BCUT2D eigenvalue weighted by Gasteiger charge is -2.39. The topological polar surface area (TPSA) is 62.2 Å². The summed E-state index contributed by atoms with van der Waals surface area (Å²) in [5.41, 5.74) is 0. The van der Waals surface area contributed by atoms with Crippen LogP contribution in [0.2, 0.25) is 0 Å². The van der Waals surface area contributed by atoms with Gasteiger partial charge in [0.25, 0.3) is 5.91 Å². The average molecular weight is 352 g/mol. The van der Waals surface area contributed by atoms with Crippen LogP contribution in [0.5, 0.6) is 0 Å². The predicted molar refractivity (Wildman–Crippen MR) is 94.8 cm³/mol. The number of nitrogens with zero attached hydrogens (tertiary/aromatic N) is 2. The van der Waals surface area contributed by atoms with Gasteiger partial charge in [-0.05, 0) is 50.6 Å². The van der Waals surface area contributed by atoms with E-state index in [-0.39, 0.29) is 18.8 Å². The monoisotopic (exact) mass is 352 g/mol. The molecule has 1 saturated carbocycles. The van der Waals surface area contributed by atoms with Gasteiger partial charge in [0.2, 0.25) is 6.29 Å². The zero-order valence-corrected chi connectivity index (χ0v) is 15.4. The Labute approximate surface area is 150 Å². The van der Waals surface area contributed by atoms with Gasteiger partial charge < -0.3 is 24.4 Å². The molecule has 1 amide bonds. The van der Waals surface area contributed by atoms with Gasteiger partial charge >= 0.3 is 0 Å². The average Bonchev–Trinajstić information content (AvgIpc) is 2.57. The molecule has 0 unspecified atom stereocenters. The van der Waals surface area contributed by atoms with Crippen molar-refractivity contribution in [3.05, 3.63) is 11.8 Å². The Bertz CT molecular complexity index is 470. The molecule has 2 fully saturated rings. The van der Waals surface area contributed by atoms with Crippen molar-refractivity contribution in [1.29, 1.82) is 0 Å². The minimum Gasteiger partial charge on any atom is -0.459 e. The van der Waals surface area contributed by atoms with Crippen LogP contribution in [0, 0.1) is 11.8 Å². The van der Waals surface area contributed by atoms with Gasteiger partial charge in [0, 0.05) is 39.2 Å². The highest BCUT2D eigenvalue weighted by Gasteiger charge is 2.36. The number of piperazine rings is 1. The van der Waals surface area contributed by atoms with Crippen LogP contribution in [0.3, 0.4) is 0 Å². The Morgan fingerprint density at radius 2 is 2.04 bits per heavy atom. The Morgan fingerprint density at radius 3 is 2.68 bits per heavy atom. The molecule has 2 atom stereocenters. The van der Waals surface area contributed by atoms with Crippen molar-refractivity contribution in [2.45, 2.75) is 44.8 Å². The molecule has 0 aromatic rings. The van der Waals surface area contributed by atoms with Crippen LogP contribution < -0.4 is 0 Å². The number of allylic oxidation sites excluding steroid dienone is 1. The SMILES string of the molecule is CN1CCN(C(=O)C2=C[C@@H](C3CCC3)C[C@@H](OCCCCO)O2)CC1. The molecule has 0 radical (unpaired) electrons. The predicted octanol–water partition coefficient (Wildman–Crippen LogP) is 1.60. The number of carbonyl (C=O) groups excluding carboxylic acids is 1. The van der Waals surface area contributed by atoms with Gasteiger partial charge in [0.1, 0.15) is 0 Å². The van der Waals surface area contributed by atoms with Crippen LogP contribution in [0.15, 0.2) is 11.8 Å². The summed E-state index contributed by atoms with van der Waals surface area (Å²) < 4.78 is 11.8. The van der Waals surface area contributed by atoms with E-state index in [0.29, 0.717) is 24.2 Å². The zero-order valence-electron chi connectivity index (χ0n) is 15.4. The fourth-order valence-corrected chi connectivity index (χ4v) is 3.73. The second-order valence-corrected chi connectivity index (χ2v) is 7.57. The number of hydrogen-bond donors (Lipinski definition) is 1. The van der Waals surface area contributed by atoms with Gasteiger partial charge in [0.15, 0.2) is 5.76 Å². The van der Waals surface area contributed by atoms with Crippen molar-refractivity contribution >= 4 is 5.91 Å². The lowest BCUT2D eigenvalue weighted by Crippen LogP contribution is -2.48. The maximum atomic E-state index is 12.9. The van der Waals surface area contributed by atoms with Crippen LogP contribution in [-0.4, -0.2) is 73.5 Å². The highest BCUT2D eigenvalue weighted by atomic mass is 16.7. The van der Waals surface area contributed by atoms with E-state index in [1.54, 1.807) is 0 Å². The molecule has 0 bridgehead atoms. The highest BCUT2D eigenvalue weighted by molar-refractivity contribution is 5.91. The van der Waals surface area contributed by atoms with Gasteiger partial charge in [-0.25, -0.2) is 0 Å². The molecule has 3 aliphatic rings. The Kier molecular flexibility index (Phi) is 6.73. The van der Waals surface area contributed by atoms with E-state index in [0.717, 1.165) is 45.4 Å². The molecule has 25 heavy (non-hydrogen) atoms. The highest BCUT2D eigenvalue weighted by Crippen LogP contribution is 2.40. The van der Waals surface area contributed by atoms with Crippen molar-refractivity contribution in [2.75, 3.05) is 46.4 Å². The molecule has 0 aromatic carbocycles. The molecule has 0 aromatic heterocycles. The van der Waals surface area contributed by atoms with Crippen molar-refractivity contribution in [3.8, 4) is 0 Å². The third-order valence-electron chi connectivity index (χ3n) is 5.70. The molecule has 3 rings (SSSR count). The number of likely N-dealkylation sites (N-methyl/N-ethyl adjacent to an activating group) is 1. The lowest BCUT2D eigenvalue weighted by molar-refractivity contribution is -0.158. The lowest BCUT2D eigenvalue weighted by atomic mass is 9.73. The van der Waals surface area contributed by atoms with Crippen LogP contribution >= 0.6 is 0 Å². The quantitative estimate of drug-likeness (QED) is 0.705. The van der Waals surface area contributed by atoms with E-state index in [9.17, 15) is 4.79 Å². The fourth-order valence-electron chi connectivity index (χ4n) is 3.73. The Hall–Kier alpha value is -1.11. The van der Waals surface area contributed by atoms with Crippen LogP contribution in [0.25, 0.3) is 0 Å². The van der Waals surface area contributed by atoms with Crippen LogP contribution in [0.4, 0.5) is 0 Å². The van der Waals surface area contributed by atoms with E-state index in [2.05, 4.69) is 18.0 Å². The second kappa shape index (κ2) is 9.01. The number of unbranched alkanes of at least 4 members (excludes halogenated alkanes) is 1. The molecule has 1 saturated heterocycles. The minimum absolute atomic E-state index is 0.0149. The summed E-state index contributed by atoms with van der Waals surface area (Å²) in [4.78, 5) is 17.0. The van der Waals surface area contributed by atoms with Crippen molar-refractivity contribution in [3.63, 3.8) is 0 Å². The van der Waals surface area contributed by atoms with Gasteiger partial charge in [-0.3, -0.25) is 4.79 Å². The number of aliphatic hydroxyl groups excluding tert-OH is 1. The van der Waals surface area contributed by atoms with E-state index < -0.39 is 0 Å². The molecule has 1 N–H and O–H groups in total. The Balaban J connectivity index is 1.60. The van der Waals surface area contributed by atoms with Crippen molar-refractivity contribution < 1.29 is 19.4 Å². The first kappa shape index (κ1) is 18.7. The summed E-state index contributed by atoms with van der Waals surface area (Å²) in [5.74, 6) is 1.56. The summed E-state index contributed by atoms with van der Waals surface area (Å²) >= 11 is 0. The molecular formula is C19H32N2O4. The molecular weight excluding hydrogens is 320 g/mol. The summed E-state index contributed by atoms with van der Waals surface area (Å²) in [6.07, 6.45) is 7.90. The molecule has 2 aliphatic heterocycles. The van der Waals surface area contributed by atoms with Gasteiger partial charge in [-0.1, -0.05) is 6.42 Å². The number of ether oxygens (including phenoxy) is 2. The summed E-state index contributed by atoms with van der Waals surface area (Å²) in [6.45, 7) is 4.09. The molecule has 1 aliphatic carbocycles. The number of hydrogen-bond acceptors (Lipinski definition) is 5. The van der Waals surface area contributed by atoms with Gasteiger partial charge in [0.05, 0.1) is 6.61 Å². The standard InChI is InChI=1S/C19H32N2O4/c1-20-7-9-21(10-8-20)19(23)17-13-16(15-5-4-6-15)14-18(25-17)24-12-3-2-11-22/h13,15-16,18,22H,2-12,14H2,1H3/t16-,18+/m1/s1. The number of rotatable bonds is 7. The number of amides is 1. The summed E-state index contributed by atoms with van der Waals surface area (Å²) in [5, 5.41) is 8.89. The first-order chi connectivity index (χ1) is 12.2. The van der Waals surface area contributed by atoms with Crippen molar-refractivity contribution in [2.24, 2.45) is 11.8 Å². The normalized spacial score (nSPS) is 28.2. The van der Waals surface area contributed by atoms with Crippen LogP contribution in [0.1, 0.15) is 38.5 Å². The third kappa shape index (κ3) is 4.96. The van der Waals surface area contributed by atoms with Gasteiger partial charge in [-0.15, -0.1) is 0 Å². The van der Waals surface area contributed by atoms with Crippen molar-refractivity contribution in [1.82, 2.24) is 9.80 Å². The molecule has 6 heteroatoms. The van der Waals surface area contributed by atoms with E-state index in [1.807, 2.05) is 4.90 Å². The summed E-state index contributed by atoms with van der Waals surface area (Å²) in [6, 6.07) is 0. The molecule has 6 nitrogen and oxygen atoms in total. The third-order valence-corrected chi connectivity index (χ3v) is 5.70. The largest absolute Gasteiger partial charge is 0.459 e. The fraction of sp³-hybridized carbons (Fsp3) is 0.842. The molecule has 142 valence electrons. The Morgan fingerprint density at radius 1 is 1.28 bits per heavy atom. The number of carbonyl (C=O) groups is 1. The first-order valence-corrected chi connectivity index (χ1v) is 9.76. The molecule has 2 heterocycles. The summed E-state index contributed by atoms with van der Waals surface area (Å²) in [7, 11) is 2.08. The zero-order chi connectivity index (χ0) is 17.6. The van der Waals surface area contributed by atoms with E-state index >= 15 is 0 Å². The number of aliphatic hydroxyl groups is 1. The smallest absolute Gasteiger partial charge is 0.288 e. The van der Waals surface area contributed by atoms with Crippen LogP contribution in [-0.2, 0) is 14.3 Å².